The number of aromatic nitrogens is 2. The molecule has 1 aromatic heterocycles. The van der Waals surface area contributed by atoms with Crippen molar-refractivity contribution in [2.75, 3.05) is 6.54 Å². The standard InChI is InChI=1S/C13H23N3/c1-10-5-3-4-6-12(10)7-14-8-13-9-15-16-11(13)2/h9-10,12,14H,3-8H2,1-2H3,(H,15,16). The lowest BCUT2D eigenvalue weighted by Gasteiger charge is -2.28. The topological polar surface area (TPSA) is 40.7 Å². The lowest BCUT2D eigenvalue weighted by Crippen LogP contribution is -2.29. The molecule has 1 aliphatic carbocycles. The molecule has 1 fully saturated rings. The van der Waals surface area contributed by atoms with Crippen LogP contribution < -0.4 is 5.32 Å². The molecule has 0 spiro atoms. The molecule has 1 saturated carbocycles. The molecule has 3 heteroatoms. The number of H-pyrrole nitrogens is 1. The Kier molecular flexibility index (Phi) is 3.99. The SMILES string of the molecule is Cc1[nH]ncc1CNCC1CCCCC1C. The predicted octanol–water partition coefficient (Wildman–Crippen LogP) is 2.63. The first kappa shape index (κ1) is 11.6. The molecule has 1 aromatic rings. The van der Waals surface area contributed by atoms with Crippen LogP contribution in [0, 0.1) is 18.8 Å². The van der Waals surface area contributed by atoms with Crippen molar-refractivity contribution in [1.82, 2.24) is 15.5 Å². The van der Waals surface area contributed by atoms with Gasteiger partial charge >= 0.3 is 0 Å². The number of aromatic amines is 1. The molecule has 2 N–H and O–H groups in total. The molecule has 0 radical (unpaired) electrons. The number of nitrogens with zero attached hydrogens (tertiary/aromatic N) is 1. The molecule has 1 heterocycles. The van der Waals surface area contributed by atoms with Crippen LogP contribution in [-0.4, -0.2) is 16.7 Å². The van der Waals surface area contributed by atoms with E-state index in [-0.39, 0.29) is 0 Å². The Labute approximate surface area is 98.0 Å². The van der Waals surface area contributed by atoms with Crippen molar-refractivity contribution >= 4 is 0 Å². The highest BCUT2D eigenvalue weighted by Crippen LogP contribution is 2.28. The zero-order valence-electron chi connectivity index (χ0n) is 10.4. The van der Waals surface area contributed by atoms with Crippen LogP contribution in [0.3, 0.4) is 0 Å². The third-order valence-corrected chi connectivity index (χ3v) is 3.95. The predicted molar refractivity (Wildman–Crippen MR) is 66.2 cm³/mol. The average Bonchev–Trinajstić information content (AvgIpc) is 2.67. The largest absolute Gasteiger partial charge is 0.312 e. The van der Waals surface area contributed by atoms with E-state index in [4.69, 9.17) is 0 Å². The minimum Gasteiger partial charge on any atom is -0.312 e. The summed E-state index contributed by atoms with van der Waals surface area (Å²) in [6, 6.07) is 0. The molecule has 1 aliphatic rings. The number of rotatable bonds is 4. The monoisotopic (exact) mass is 221 g/mol. The number of nitrogens with one attached hydrogen (secondary N) is 2. The molecule has 2 atom stereocenters. The lowest BCUT2D eigenvalue weighted by molar-refractivity contribution is 0.247. The first-order valence-electron chi connectivity index (χ1n) is 6.47. The van der Waals surface area contributed by atoms with Crippen molar-refractivity contribution in [1.29, 1.82) is 0 Å². The second-order valence-electron chi connectivity index (χ2n) is 5.17. The maximum absolute atomic E-state index is 4.04. The highest BCUT2D eigenvalue weighted by atomic mass is 15.1. The van der Waals surface area contributed by atoms with Crippen molar-refractivity contribution in [2.45, 2.75) is 46.1 Å². The Balaban J connectivity index is 1.73. The zero-order valence-corrected chi connectivity index (χ0v) is 10.4. The van der Waals surface area contributed by atoms with Crippen molar-refractivity contribution in [3.05, 3.63) is 17.5 Å². The lowest BCUT2D eigenvalue weighted by atomic mass is 9.80. The Morgan fingerprint density at radius 1 is 1.44 bits per heavy atom. The Morgan fingerprint density at radius 2 is 2.25 bits per heavy atom. The molecule has 2 rings (SSSR count). The van der Waals surface area contributed by atoms with Gasteiger partial charge in [0.2, 0.25) is 0 Å². The first-order valence-corrected chi connectivity index (χ1v) is 6.47. The molecule has 3 nitrogen and oxygen atoms in total. The molecule has 0 amide bonds. The summed E-state index contributed by atoms with van der Waals surface area (Å²) in [7, 11) is 0. The number of hydrogen-bond donors (Lipinski definition) is 2. The van der Waals surface area contributed by atoms with Gasteiger partial charge in [0.05, 0.1) is 6.20 Å². The van der Waals surface area contributed by atoms with E-state index in [1.807, 2.05) is 6.20 Å². The third kappa shape index (κ3) is 2.85. The van der Waals surface area contributed by atoms with Gasteiger partial charge in [-0.1, -0.05) is 26.2 Å². The molecule has 0 saturated heterocycles. The van der Waals surface area contributed by atoms with Gasteiger partial charge in [-0.25, -0.2) is 0 Å². The average molecular weight is 221 g/mol. The summed E-state index contributed by atoms with van der Waals surface area (Å²) in [5, 5.41) is 10.6. The van der Waals surface area contributed by atoms with Gasteiger partial charge in [-0.05, 0) is 31.7 Å². The van der Waals surface area contributed by atoms with E-state index in [9.17, 15) is 0 Å². The van der Waals surface area contributed by atoms with E-state index in [1.54, 1.807) is 0 Å². The highest BCUT2D eigenvalue weighted by Gasteiger charge is 2.20. The third-order valence-electron chi connectivity index (χ3n) is 3.95. The van der Waals surface area contributed by atoms with E-state index in [0.717, 1.165) is 24.9 Å². The number of hydrogen-bond acceptors (Lipinski definition) is 2. The van der Waals surface area contributed by atoms with Gasteiger partial charge in [0, 0.05) is 17.8 Å². The molecule has 0 bridgehead atoms. The van der Waals surface area contributed by atoms with Crippen LogP contribution in [0.1, 0.15) is 43.9 Å². The van der Waals surface area contributed by atoms with E-state index in [0.29, 0.717) is 0 Å². The van der Waals surface area contributed by atoms with Crippen LogP contribution in [0.5, 0.6) is 0 Å². The van der Waals surface area contributed by atoms with Crippen LogP contribution in [0.2, 0.25) is 0 Å². The van der Waals surface area contributed by atoms with E-state index in [2.05, 4.69) is 29.4 Å². The van der Waals surface area contributed by atoms with Gasteiger partial charge in [0.15, 0.2) is 0 Å². The molecular weight excluding hydrogens is 198 g/mol. The van der Waals surface area contributed by atoms with Crippen LogP contribution in [-0.2, 0) is 6.54 Å². The molecule has 0 aromatic carbocycles. The summed E-state index contributed by atoms with van der Waals surface area (Å²) in [5.74, 6) is 1.77. The van der Waals surface area contributed by atoms with Crippen molar-refractivity contribution in [2.24, 2.45) is 11.8 Å². The number of aryl methyl sites for hydroxylation is 1. The van der Waals surface area contributed by atoms with Crippen molar-refractivity contribution < 1.29 is 0 Å². The maximum atomic E-state index is 4.04. The summed E-state index contributed by atoms with van der Waals surface area (Å²) in [6.45, 7) is 6.58. The van der Waals surface area contributed by atoms with Gasteiger partial charge in [-0.15, -0.1) is 0 Å². The highest BCUT2D eigenvalue weighted by molar-refractivity contribution is 5.13. The quantitative estimate of drug-likeness (QED) is 0.820. The molecule has 90 valence electrons. The maximum Gasteiger partial charge on any atom is 0.0535 e. The van der Waals surface area contributed by atoms with Crippen LogP contribution in [0.15, 0.2) is 6.20 Å². The minimum absolute atomic E-state index is 0.876. The second kappa shape index (κ2) is 5.48. The molecule has 2 unspecified atom stereocenters. The Bertz CT molecular complexity index is 319. The normalized spacial score (nSPS) is 25.9. The van der Waals surface area contributed by atoms with E-state index in [1.165, 1.54) is 36.9 Å². The van der Waals surface area contributed by atoms with Crippen LogP contribution in [0.25, 0.3) is 0 Å². The Hall–Kier alpha value is -0.830. The van der Waals surface area contributed by atoms with E-state index >= 15 is 0 Å². The van der Waals surface area contributed by atoms with Gasteiger partial charge < -0.3 is 5.32 Å². The summed E-state index contributed by atoms with van der Waals surface area (Å²) < 4.78 is 0. The summed E-state index contributed by atoms with van der Waals surface area (Å²) in [4.78, 5) is 0. The van der Waals surface area contributed by atoms with Gasteiger partial charge in [0.1, 0.15) is 0 Å². The van der Waals surface area contributed by atoms with Gasteiger partial charge in [-0.2, -0.15) is 5.10 Å². The zero-order chi connectivity index (χ0) is 11.4. The Morgan fingerprint density at radius 3 is 2.94 bits per heavy atom. The fourth-order valence-corrected chi connectivity index (χ4v) is 2.64. The summed E-state index contributed by atoms with van der Waals surface area (Å²) in [5.41, 5.74) is 2.48. The van der Waals surface area contributed by atoms with Crippen LogP contribution in [0.4, 0.5) is 0 Å². The van der Waals surface area contributed by atoms with Crippen LogP contribution >= 0.6 is 0 Å². The van der Waals surface area contributed by atoms with Gasteiger partial charge in [0.25, 0.3) is 0 Å². The van der Waals surface area contributed by atoms with Gasteiger partial charge in [-0.3, -0.25) is 5.10 Å². The molecule has 16 heavy (non-hydrogen) atoms. The first-order chi connectivity index (χ1) is 7.77. The second-order valence-corrected chi connectivity index (χ2v) is 5.17. The fraction of sp³-hybridized carbons (Fsp3) is 0.769. The van der Waals surface area contributed by atoms with Crippen molar-refractivity contribution in [3.63, 3.8) is 0 Å². The summed E-state index contributed by atoms with van der Waals surface area (Å²) >= 11 is 0. The molecule has 0 aliphatic heterocycles. The molecular formula is C13H23N3. The smallest absolute Gasteiger partial charge is 0.0535 e. The minimum atomic E-state index is 0.876. The summed E-state index contributed by atoms with van der Waals surface area (Å²) in [6.07, 6.45) is 7.59. The van der Waals surface area contributed by atoms with E-state index < -0.39 is 0 Å². The van der Waals surface area contributed by atoms with Crippen molar-refractivity contribution in [3.8, 4) is 0 Å². The fourth-order valence-electron chi connectivity index (χ4n) is 2.64.